The fourth-order valence-electron chi connectivity index (χ4n) is 4.73. The monoisotopic (exact) mass is 357 g/mol. The van der Waals surface area contributed by atoms with Gasteiger partial charge in [0.15, 0.2) is 0 Å². The van der Waals surface area contributed by atoms with Crippen molar-refractivity contribution in [3.05, 3.63) is 0 Å². The van der Waals surface area contributed by atoms with Crippen LogP contribution in [0.3, 0.4) is 0 Å². The van der Waals surface area contributed by atoms with E-state index < -0.39 is 16.5 Å². The van der Waals surface area contributed by atoms with Gasteiger partial charge in [0.2, 0.25) is 0 Å². The average Bonchev–Trinajstić information content (AvgIpc) is 2.55. The summed E-state index contributed by atoms with van der Waals surface area (Å²) >= 11 is 0. The predicted molar refractivity (Wildman–Crippen MR) is 110 cm³/mol. The molecule has 0 aliphatic carbocycles. The fraction of sp³-hybridized carbons (Fsp3) is 1.00. The minimum atomic E-state index is -1.32. The van der Waals surface area contributed by atoms with E-state index in [0.717, 1.165) is 0 Å². The largest absolute Gasteiger partial charge is 0.343 e. The van der Waals surface area contributed by atoms with Crippen molar-refractivity contribution in [2.75, 3.05) is 6.54 Å². The Morgan fingerprint density at radius 2 is 1.04 bits per heavy atom. The van der Waals surface area contributed by atoms with E-state index in [1.165, 1.54) is 6.54 Å². The van der Waals surface area contributed by atoms with Gasteiger partial charge in [-0.2, -0.15) is 0 Å². The molecule has 0 aromatic rings. The highest BCUT2D eigenvalue weighted by Gasteiger charge is 2.47. The molecular formula is C18H43N3Si2. The van der Waals surface area contributed by atoms with Gasteiger partial charge in [0, 0.05) is 30.7 Å². The maximum absolute atomic E-state index is 2.96. The van der Waals surface area contributed by atoms with Crippen LogP contribution in [-0.4, -0.2) is 67.4 Å². The third-order valence-corrected chi connectivity index (χ3v) is 13.1. The van der Waals surface area contributed by atoms with Gasteiger partial charge >= 0.3 is 0 Å². The molecule has 2 atom stereocenters. The highest BCUT2D eigenvalue weighted by Crippen LogP contribution is 2.33. The number of hydrogen-bond acceptors (Lipinski definition) is 3. The Morgan fingerprint density at radius 1 is 0.739 bits per heavy atom. The second kappa shape index (κ2) is 7.28. The Balaban J connectivity index is 3.22. The molecule has 0 bridgehead atoms. The van der Waals surface area contributed by atoms with E-state index in [2.05, 4.69) is 94.9 Å². The summed E-state index contributed by atoms with van der Waals surface area (Å²) in [5.41, 5.74) is 0. The highest BCUT2D eigenvalue weighted by molar-refractivity contribution is 6.89. The van der Waals surface area contributed by atoms with Crippen molar-refractivity contribution in [2.45, 2.75) is 111 Å². The van der Waals surface area contributed by atoms with Crippen molar-refractivity contribution in [1.82, 2.24) is 14.0 Å². The van der Waals surface area contributed by atoms with Gasteiger partial charge in [-0.1, -0.05) is 39.3 Å². The van der Waals surface area contributed by atoms with Crippen LogP contribution >= 0.6 is 0 Å². The lowest BCUT2D eigenvalue weighted by Gasteiger charge is -2.48. The molecular weight excluding hydrogens is 314 g/mol. The normalized spacial score (nSPS) is 28.6. The van der Waals surface area contributed by atoms with Gasteiger partial charge in [-0.25, -0.2) is 0 Å². The summed E-state index contributed by atoms with van der Waals surface area (Å²) in [5.74, 6) is 0. The van der Waals surface area contributed by atoms with Crippen LogP contribution in [-0.2, 0) is 0 Å². The minimum absolute atomic E-state index is 0.554. The van der Waals surface area contributed by atoms with Crippen molar-refractivity contribution in [1.29, 1.82) is 0 Å². The molecule has 1 aliphatic rings. The zero-order chi connectivity index (χ0) is 18.3. The molecule has 1 fully saturated rings. The first-order valence-corrected chi connectivity index (χ1v) is 16.4. The van der Waals surface area contributed by atoms with Crippen molar-refractivity contribution in [3.63, 3.8) is 0 Å². The van der Waals surface area contributed by atoms with E-state index in [-0.39, 0.29) is 0 Å². The summed E-state index contributed by atoms with van der Waals surface area (Å²) in [6.45, 7) is 30.7. The number of nitrogens with zero attached hydrogens (tertiary/aromatic N) is 3. The van der Waals surface area contributed by atoms with Gasteiger partial charge in [-0.15, -0.1) is 0 Å². The summed E-state index contributed by atoms with van der Waals surface area (Å²) in [6.07, 6.45) is 0.554. The summed E-state index contributed by atoms with van der Waals surface area (Å²) in [5, 5.41) is 0. The van der Waals surface area contributed by atoms with Crippen LogP contribution in [0.1, 0.15) is 41.5 Å². The molecule has 0 radical (unpaired) electrons. The van der Waals surface area contributed by atoms with Crippen LogP contribution in [0.25, 0.3) is 0 Å². The smallest absolute Gasteiger partial charge is 0.112 e. The second-order valence-corrected chi connectivity index (χ2v) is 20.2. The van der Waals surface area contributed by atoms with E-state index in [1.54, 1.807) is 0 Å². The molecule has 3 nitrogen and oxygen atoms in total. The Morgan fingerprint density at radius 3 is 1.26 bits per heavy atom. The van der Waals surface area contributed by atoms with Gasteiger partial charge in [0.1, 0.15) is 16.5 Å². The zero-order valence-corrected chi connectivity index (χ0v) is 19.9. The van der Waals surface area contributed by atoms with Crippen LogP contribution in [0.2, 0.25) is 39.3 Å². The third kappa shape index (κ3) is 4.69. The van der Waals surface area contributed by atoms with Gasteiger partial charge in [-0.05, 0) is 41.5 Å². The summed E-state index contributed by atoms with van der Waals surface area (Å²) in [4.78, 5) is 5.55. The van der Waals surface area contributed by atoms with Crippen LogP contribution in [0.4, 0.5) is 0 Å². The first kappa shape index (κ1) is 21.4. The van der Waals surface area contributed by atoms with Gasteiger partial charge in [0.25, 0.3) is 0 Å². The molecule has 0 spiro atoms. The maximum atomic E-state index is 2.96. The third-order valence-electron chi connectivity index (χ3n) is 5.48. The van der Waals surface area contributed by atoms with E-state index in [9.17, 15) is 0 Å². The molecule has 1 heterocycles. The Kier molecular flexibility index (Phi) is 6.76. The molecule has 138 valence electrons. The quantitative estimate of drug-likeness (QED) is 0.648. The molecule has 0 N–H and O–H groups in total. The van der Waals surface area contributed by atoms with Crippen molar-refractivity contribution in [3.8, 4) is 0 Å². The lowest BCUT2D eigenvalue weighted by atomic mass is 10.1. The molecule has 0 aromatic carbocycles. The molecule has 23 heavy (non-hydrogen) atoms. The predicted octanol–water partition coefficient (Wildman–Crippen LogP) is 4.50. The van der Waals surface area contributed by atoms with E-state index in [0.29, 0.717) is 30.3 Å². The molecule has 1 aliphatic heterocycles. The Labute approximate surface area is 148 Å². The van der Waals surface area contributed by atoms with E-state index in [1.807, 2.05) is 0 Å². The first-order valence-electron chi connectivity index (χ1n) is 9.52. The molecule has 0 amide bonds. The molecule has 1 rings (SSSR count). The molecule has 2 unspecified atom stereocenters. The standard InChI is InChI=1S/C18H43N3Si2/c1-14(2)20-16(5)17(6)21(15(3)4)18(20)13-19(22(7,8)9)23(10,11)12/h14-18H,13H2,1-12H3. The van der Waals surface area contributed by atoms with Crippen LogP contribution < -0.4 is 0 Å². The lowest BCUT2D eigenvalue weighted by molar-refractivity contribution is 0.0639. The van der Waals surface area contributed by atoms with E-state index in [4.69, 9.17) is 0 Å². The number of hydrogen-bond donors (Lipinski definition) is 0. The number of rotatable bonds is 6. The first-order chi connectivity index (χ1) is 10.2. The Hall–Kier alpha value is 0.314. The second-order valence-electron chi connectivity index (χ2n) is 10.00. The molecule has 5 heteroatoms. The molecule has 1 saturated heterocycles. The van der Waals surface area contributed by atoms with Crippen molar-refractivity contribution >= 4 is 16.5 Å². The zero-order valence-electron chi connectivity index (χ0n) is 17.9. The lowest BCUT2D eigenvalue weighted by Crippen LogP contribution is -2.64. The SMILES string of the molecule is CC(C)N1C(C)C(C)N(C(C)C)C1CN([Si](C)(C)C)[Si](C)(C)C. The maximum Gasteiger partial charge on any atom is 0.112 e. The molecule has 0 aromatic heterocycles. The van der Waals surface area contributed by atoms with E-state index >= 15 is 0 Å². The highest BCUT2D eigenvalue weighted by atomic mass is 28.4. The minimum Gasteiger partial charge on any atom is -0.343 e. The van der Waals surface area contributed by atoms with Crippen LogP contribution in [0.15, 0.2) is 0 Å². The van der Waals surface area contributed by atoms with Gasteiger partial charge in [0.05, 0.1) is 6.17 Å². The summed E-state index contributed by atoms with van der Waals surface area (Å²) in [7, 11) is -2.64. The summed E-state index contributed by atoms with van der Waals surface area (Å²) < 4.78 is 2.96. The van der Waals surface area contributed by atoms with Gasteiger partial charge < -0.3 is 4.23 Å². The van der Waals surface area contributed by atoms with Gasteiger partial charge in [-0.3, -0.25) is 9.80 Å². The Bertz CT molecular complexity index is 351. The fourth-order valence-corrected chi connectivity index (χ4v) is 14.2. The average molecular weight is 358 g/mol. The summed E-state index contributed by atoms with van der Waals surface area (Å²) in [6, 6.07) is 2.47. The topological polar surface area (TPSA) is 9.72 Å². The van der Waals surface area contributed by atoms with Crippen molar-refractivity contribution < 1.29 is 0 Å². The van der Waals surface area contributed by atoms with Crippen LogP contribution in [0, 0.1) is 0 Å². The van der Waals surface area contributed by atoms with Crippen molar-refractivity contribution in [2.24, 2.45) is 0 Å². The van der Waals surface area contributed by atoms with Crippen LogP contribution in [0.5, 0.6) is 0 Å². The molecule has 0 saturated carbocycles.